The highest BCUT2D eigenvalue weighted by Gasteiger charge is 2.20. The van der Waals surface area contributed by atoms with Crippen LogP contribution in [0, 0.1) is 17.2 Å². The van der Waals surface area contributed by atoms with Crippen LogP contribution in [0.4, 0.5) is 5.69 Å². The molecule has 3 rings (SSSR count). The third kappa shape index (κ3) is 4.68. The Labute approximate surface area is 168 Å². The van der Waals surface area contributed by atoms with E-state index in [1.807, 2.05) is 12.1 Å². The summed E-state index contributed by atoms with van der Waals surface area (Å²) in [6.45, 7) is 4.15. The Kier molecular flexibility index (Phi) is 6.27. The van der Waals surface area contributed by atoms with Gasteiger partial charge in [0, 0.05) is 10.6 Å². The Morgan fingerprint density at radius 3 is 2.79 bits per heavy atom. The molecule has 1 N–H and O–H groups in total. The molecule has 0 radical (unpaired) electrons. The first-order chi connectivity index (χ1) is 13.5. The zero-order chi connectivity index (χ0) is 20.1. The zero-order valence-electron chi connectivity index (χ0n) is 16.0. The number of nitrogens with zero attached hydrogens (tertiary/aromatic N) is 1. The maximum Gasteiger partial charge on any atom is 0.348 e. The summed E-state index contributed by atoms with van der Waals surface area (Å²) in [4.78, 5) is 26.3. The van der Waals surface area contributed by atoms with Crippen LogP contribution in [0.5, 0.6) is 0 Å². The van der Waals surface area contributed by atoms with Gasteiger partial charge in [0.1, 0.15) is 11.6 Å². The molecular formula is C22H22N2O3S. The number of carbonyl (C=O) groups excluding carboxylic acids is 2. The molecule has 5 nitrogen and oxygen atoms in total. The van der Waals surface area contributed by atoms with E-state index in [0.717, 1.165) is 17.7 Å². The van der Waals surface area contributed by atoms with Crippen LogP contribution in [-0.2, 0) is 22.4 Å². The van der Waals surface area contributed by atoms with Crippen LogP contribution < -0.4 is 5.32 Å². The van der Waals surface area contributed by atoms with Crippen LogP contribution in [0.2, 0.25) is 0 Å². The van der Waals surface area contributed by atoms with Gasteiger partial charge in [0.05, 0.1) is 11.5 Å². The van der Waals surface area contributed by atoms with Crippen LogP contribution in [0.25, 0.3) is 6.08 Å². The van der Waals surface area contributed by atoms with E-state index in [9.17, 15) is 9.59 Å². The lowest BCUT2D eigenvalue weighted by Crippen LogP contribution is -2.10. The van der Waals surface area contributed by atoms with Gasteiger partial charge in [0.2, 0.25) is 0 Å². The molecule has 0 saturated carbocycles. The van der Waals surface area contributed by atoms with Crippen molar-refractivity contribution >= 4 is 35.0 Å². The van der Waals surface area contributed by atoms with Crippen molar-refractivity contribution in [1.82, 2.24) is 0 Å². The predicted octanol–water partition coefficient (Wildman–Crippen LogP) is 4.60. The molecule has 0 bridgehead atoms. The molecule has 144 valence electrons. The number of nitriles is 1. The number of rotatable bonds is 5. The third-order valence-corrected chi connectivity index (χ3v) is 5.88. The molecule has 0 saturated heterocycles. The number of benzene rings is 1. The molecule has 0 aliphatic heterocycles. The molecule has 6 heteroatoms. The number of hydrogen-bond acceptors (Lipinski definition) is 5. The summed E-state index contributed by atoms with van der Waals surface area (Å²) in [5, 5.41) is 12.0. The Bertz CT molecular complexity index is 951. The highest BCUT2D eigenvalue weighted by molar-refractivity contribution is 7.14. The average Bonchev–Trinajstić information content (AvgIpc) is 3.11. The summed E-state index contributed by atoms with van der Waals surface area (Å²) in [6.07, 6.45) is 4.75. The fourth-order valence-corrected chi connectivity index (χ4v) is 4.29. The van der Waals surface area contributed by atoms with E-state index < -0.39 is 5.97 Å². The molecule has 1 atom stereocenters. The molecule has 1 amide bonds. The summed E-state index contributed by atoms with van der Waals surface area (Å²) in [6, 6.07) is 10.8. The smallest absolute Gasteiger partial charge is 0.348 e. The van der Waals surface area contributed by atoms with Crippen molar-refractivity contribution in [2.45, 2.75) is 33.1 Å². The van der Waals surface area contributed by atoms with Crippen molar-refractivity contribution in [3.63, 3.8) is 0 Å². The minimum absolute atomic E-state index is 0.0583. The van der Waals surface area contributed by atoms with Crippen LogP contribution in [0.1, 0.15) is 45.9 Å². The van der Waals surface area contributed by atoms with E-state index in [4.69, 9.17) is 10.00 Å². The fraction of sp³-hybridized carbons (Fsp3) is 0.318. The lowest BCUT2D eigenvalue weighted by Gasteiger charge is -2.16. The Morgan fingerprint density at radius 1 is 1.36 bits per heavy atom. The summed E-state index contributed by atoms with van der Waals surface area (Å²) < 4.78 is 4.85. The second-order valence-corrected chi connectivity index (χ2v) is 8.01. The second kappa shape index (κ2) is 8.85. The van der Waals surface area contributed by atoms with Crippen LogP contribution in [0.15, 0.2) is 35.9 Å². The van der Waals surface area contributed by atoms with E-state index in [0.29, 0.717) is 17.2 Å². The molecular weight excluding hydrogens is 372 g/mol. The first-order valence-corrected chi connectivity index (χ1v) is 10.1. The number of nitrogens with one attached hydrogen (secondary N) is 1. The highest BCUT2D eigenvalue weighted by Crippen LogP contribution is 2.32. The maximum atomic E-state index is 12.6. The minimum atomic E-state index is -0.640. The summed E-state index contributed by atoms with van der Waals surface area (Å²) in [5.41, 5.74) is 2.59. The van der Waals surface area contributed by atoms with Crippen molar-refractivity contribution in [1.29, 1.82) is 5.26 Å². The summed E-state index contributed by atoms with van der Waals surface area (Å²) >= 11 is 1.58. The largest absolute Gasteiger partial charge is 0.462 e. The topological polar surface area (TPSA) is 79.2 Å². The number of carbonyl (C=O) groups is 2. The van der Waals surface area contributed by atoms with Gasteiger partial charge in [0.25, 0.3) is 5.91 Å². The van der Waals surface area contributed by atoms with Crippen molar-refractivity contribution in [2.24, 2.45) is 5.92 Å². The number of aryl methyl sites for hydroxylation is 1. The highest BCUT2D eigenvalue weighted by atomic mass is 32.1. The molecule has 0 fully saturated rings. The van der Waals surface area contributed by atoms with Crippen molar-refractivity contribution < 1.29 is 14.3 Å². The van der Waals surface area contributed by atoms with Crippen molar-refractivity contribution in [2.75, 3.05) is 11.9 Å². The van der Waals surface area contributed by atoms with E-state index >= 15 is 0 Å². The number of thiophene rings is 1. The monoisotopic (exact) mass is 394 g/mol. The third-order valence-electron chi connectivity index (χ3n) is 4.65. The Hall–Kier alpha value is -2.91. The van der Waals surface area contributed by atoms with Gasteiger partial charge in [-0.1, -0.05) is 19.1 Å². The molecule has 1 aliphatic carbocycles. The Morgan fingerprint density at radius 2 is 2.11 bits per heavy atom. The lowest BCUT2D eigenvalue weighted by molar-refractivity contribution is -0.137. The van der Waals surface area contributed by atoms with Gasteiger partial charge in [-0.15, -0.1) is 11.3 Å². The maximum absolute atomic E-state index is 12.6. The first-order valence-electron chi connectivity index (χ1n) is 9.32. The normalized spacial score (nSPS) is 16.0. The Balaban J connectivity index is 1.68. The quantitative estimate of drug-likeness (QED) is 0.457. The van der Waals surface area contributed by atoms with Crippen molar-refractivity contribution in [3.8, 4) is 6.07 Å². The van der Waals surface area contributed by atoms with Gasteiger partial charge in [-0.2, -0.15) is 5.26 Å². The number of amides is 1. The summed E-state index contributed by atoms with van der Waals surface area (Å²) in [5.74, 6) is -0.0792. The standard InChI is InChI=1S/C22H22N2O3S/c1-3-27-22(26)17(13-23)11-15-5-7-18(8-6-15)24-21(25)20-12-16-10-14(2)4-9-19(16)28-20/h5-8,11-12,14H,3-4,9-10H2,1-2H3,(H,24,25)/b17-11+. The molecule has 1 unspecified atom stereocenters. The first kappa shape index (κ1) is 19.8. The van der Waals surface area contributed by atoms with E-state index in [2.05, 4.69) is 12.2 Å². The van der Waals surface area contributed by atoms with Gasteiger partial charge in [-0.05, 0) is 67.5 Å². The number of esters is 1. The fourth-order valence-electron chi connectivity index (χ4n) is 3.19. The van der Waals surface area contributed by atoms with E-state index in [-0.39, 0.29) is 18.1 Å². The van der Waals surface area contributed by atoms with Crippen LogP contribution >= 0.6 is 11.3 Å². The molecule has 2 aromatic rings. The number of anilines is 1. The zero-order valence-corrected chi connectivity index (χ0v) is 16.8. The van der Waals surface area contributed by atoms with Gasteiger partial charge in [-0.25, -0.2) is 4.79 Å². The number of hydrogen-bond donors (Lipinski definition) is 1. The van der Waals surface area contributed by atoms with E-state index in [1.54, 1.807) is 42.5 Å². The predicted molar refractivity (Wildman–Crippen MR) is 110 cm³/mol. The molecule has 0 spiro atoms. The SMILES string of the molecule is CCOC(=O)/C(C#N)=C/c1ccc(NC(=O)c2cc3c(s2)CCC(C)C3)cc1. The van der Waals surface area contributed by atoms with Gasteiger partial charge < -0.3 is 10.1 Å². The molecule has 1 aromatic carbocycles. The molecule has 28 heavy (non-hydrogen) atoms. The molecule has 1 heterocycles. The number of ether oxygens (including phenoxy) is 1. The van der Waals surface area contributed by atoms with Crippen LogP contribution in [-0.4, -0.2) is 18.5 Å². The van der Waals surface area contributed by atoms with Gasteiger partial charge >= 0.3 is 5.97 Å². The average molecular weight is 394 g/mol. The van der Waals surface area contributed by atoms with Gasteiger partial charge in [0.15, 0.2) is 0 Å². The lowest BCUT2D eigenvalue weighted by atomic mass is 9.90. The number of fused-ring (bicyclic) bond motifs is 1. The van der Waals surface area contributed by atoms with E-state index in [1.165, 1.54) is 22.9 Å². The van der Waals surface area contributed by atoms with Crippen LogP contribution in [0.3, 0.4) is 0 Å². The van der Waals surface area contributed by atoms with Gasteiger partial charge in [-0.3, -0.25) is 4.79 Å². The molecule has 1 aliphatic rings. The minimum Gasteiger partial charge on any atom is -0.462 e. The summed E-state index contributed by atoms with van der Waals surface area (Å²) in [7, 11) is 0. The van der Waals surface area contributed by atoms with Crippen molar-refractivity contribution in [3.05, 3.63) is 56.8 Å². The molecule has 1 aromatic heterocycles. The second-order valence-electron chi connectivity index (χ2n) is 6.87.